The van der Waals surface area contributed by atoms with E-state index in [0.717, 1.165) is 23.2 Å². The number of para-hydroxylation sites is 1. The van der Waals surface area contributed by atoms with Crippen LogP contribution in [-0.4, -0.2) is 12.5 Å². The minimum Gasteiger partial charge on any atom is -0.308 e. The highest BCUT2D eigenvalue weighted by Crippen LogP contribution is 2.19. The Morgan fingerprint density at radius 3 is 2.43 bits per heavy atom. The van der Waals surface area contributed by atoms with Crippen LogP contribution >= 0.6 is 0 Å². The van der Waals surface area contributed by atoms with E-state index < -0.39 is 0 Å². The summed E-state index contributed by atoms with van der Waals surface area (Å²) in [7, 11) is 0. The Balaban J connectivity index is 2.33. The second-order valence-electron chi connectivity index (χ2n) is 5.17. The van der Waals surface area contributed by atoms with E-state index in [1.165, 1.54) is 5.56 Å². The van der Waals surface area contributed by atoms with Crippen LogP contribution in [0.2, 0.25) is 0 Å². The van der Waals surface area contributed by atoms with Crippen LogP contribution in [-0.2, 0) is 0 Å². The number of nitrogens with zero attached hydrogens (tertiary/aromatic N) is 1. The summed E-state index contributed by atoms with van der Waals surface area (Å²) in [5, 5.41) is 0. The van der Waals surface area contributed by atoms with Crippen molar-refractivity contribution in [3.8, 4) is 0 Å². The highest BCUT2D eigenvalue weighted by molar-refractivity contribution is 6.06. The third-order valence-corrected chi connectivity index (χ3v) is 3.62. The molecule has 0 atom stereocenters. The maximum absolute atomic E-state index is 12.8. The first-order valence-corrected chi connectivity index (χ1v) is 7.18. The topological polar surface area (TPSA) is 20.3 Å². The molecule has 21 heavy (non-hydrogen) atoms. The summed E-state index contributed by atoms with van der Waals surface area (Å²) in [5.41, 5.74) is 3.98. The van der Waals surface area contributed by atoms with E-state index in [9.17, 15) is 4.79 Å². The predicted octanol–water partition coefficient (Wildman–Crippen LogP) is 4.53. The first kappa shape index (κ1) is 15.0. The third kappa shape index (κ3) is 3.60. The van der Waals surface area contributed by atoms with Crippen LogP contribution in [0.1, 0.15) is 27.9 Å². The van der Waals surface area contributed by atoms with Crippen LogP contribution in [0.4, 0.5) is 5.69 Å². The van der Waals surface area contributed by atoms with Crippen molar-refractivity contribution in [2.75, 3.05) is 11.4 Å². The van der Waals surface area contributed by atoms with Crippen LogP contribution in [0.5, 0.6) is 0 Å². The number of hydrogen-bond acceptors (Lipinski definition) is 1. The van der Waals surface area contributed by atoms with E-state index in [0.29, 0.717) is 6.54 Å². The molecule has 0 saturated carbocycles. The van der Waals surface area contributed by atoms with Crippen molar-refractivity contribution in [1.29, 1.82) is 0 Å². The van der Waals surface area contributed by atoms with Crippen molar-refractivity contribution >= 4 is 11.6 Å². The number of rotatable bonds is 5. The number of carbonyl (C=O) groups is 1. The molecule has 2 aromatic rings. The van der Waals surface area contributed by atoms with Crippen LogP contribution < -0.4 is 4.90 Å². The quantitative estimate of drug-likeness (QED) is 0.736. The van der Waals surface area contributed by atoms with Gasteiger partial charge in [-0.25, -0.2) is 0 Å². The van der Waals surface area contributed by atoms with Crippen molar-refractivity contribution < 1.29 is 4.79 Å². The molecule has 2 rings (SSSR count). The maximum Gasteiger partial charge on any atom is 0.258 e. The molecule has 0 heterocycles. The minimum atomic E-state index is 0.0335. The molecule has 0 N–H and O–H groups in total. The predicted molar refractivity (Wildman–Crippen MR) is 88.8 cm³/mol. The number of carbonyl (C=O) groups excluding carboxylic acids is 1. The first-order valence-electron chi connectivity index (χ1n) is 7.18. The fourth-order valence-electron chi connectivity index (χ4n) is 2.21. The molecule has 2 nitrogen and oxygen atoms in total. The average molecular weight is 279 g/mol. The van der Waals surface area contributed by atoms with E-state index in [2.05, 4.69) is 13.5 Å². The second kappa shape index (κ2) is 6.89. The van der Waals surface area contributed by atoms with Crippen LogP contribution in [0.15, 0.2) is 61.2 Å². The van der Waals surface area contributed by atoms with Gasteiger partial charge in [0.25, 0.3) is 5.91 Å². The Kier molecular flexibility index (Phi) is 4.94. The Labute approximate surface area is 126 Å². The van der Waals surface area contributed by atoms with Crippen LogP contribution in [0.3, 0.4) is 0 Å². The summed E-state index contributed by atoms with van der Waals surface area (Å²) in [5.74, 6) is 0.0335. The zero-order valence-electron chi connectivity index (χ0n) is 12.7. The Morgan fingerprint density at radius 2 is 1.81 bits per heavy atom. The average Bonchev–Trinajstić information content (AvgIpc) is 2.51. The molecule has 0 aliphatic heterocycles. The molecule has 0 aliphatic carbocycles. The zero-order valence-corrected chi connectivity index (χ0v) is 12.7. The van der Waals surface area contributed by atoms with Gasteiger partial charge in [-0.1, -0.05) is 30.3 Å². The number of aryl methyl sites for hydroxylation is 2. The highest BCUT2D eigenvalue weighted by atomic mass is 16.2. The normalized spacial score (nSPS) is 10.2. The molecule has 0 spiro atoms. The molecule has 0 fully saturated rings. The number of hydrogen-bond donors (Lipinski definition) is 0. The minimum absolute atomic E-state index is 0.0335. The maximum atomic E-state index is 12.8. The van der Waals surface area contributed by atoms with Crippen molar-refractivity contribution in [3.05, 3.63) is 77.9 Å². The molecule has 0 radical (unpaired) electrons. The molecular weight excluding hydrogens is 258 g/mol. The molecule has 0 aliphatic rings. The van der Waals surface area contributed by atoms with E-state index in [4.69, 9.17) is 0 Å². The van der Waals surface area contributed by atoms with Gasteiger partial charge in [0.1, 0.15) is 0 Å². The lowest BCUT2D eigenvalue weighted by Crippen LogP contribution is -2.31. The fourth-order valence-corrected chi connectivity index (χ4v) is 2.21. The van der Waals surface area contributed by atoms with Gasteiger partial charge >= 0.3 is 0 Å². The molecule has 1 amide bonds. The van der Waals surface area contributed by atoms with Crippen molar-refractivity contribution in [2.45, 2.75) is 20.3 Å². The molecule has 0 saturated heterocycles. The first-order chi connectivity index (χ1) is 10.1. The summed E-state index contributed by atoms with van der Waals surface area (Å²) < 4.78 is 0. The third-order valence-electron chi connectivity index (χ3n) is 3.62. The standard InChI is InChI=1S/C19H21NO/c1-4-5-13-20(18-9-7-6-8-10-18)19(21)17-12-11-15(2)16(3)14-17/h4,6-12,14H,1,5,13H2,2-3H3. The second-order valence-corrected chi connectivity index (χ2v) is 5.17. The van der Waals surface area contributed by atoms with Gasteiger partial charge in [-0.05, 0) is 55.7 Å². The van der Waals surface area contributed by atoms with E-state index in [1.54, 1.807) is 0 Å². The Bertz CT molecular complexity index is 631. The molecular formula is C19H21NO. The largest absolute Gasteiger partial charge is 0.308 e. The molecule has 108 valence electrons. The van der Waals surface area contributed by atoms with E-state index in [-0.39, 0.29) is 5.91 Å². The van der Waals surface area contributed by atoms with Crippen LogP contribution in [0.25, 0.3) is 0 Å². The monoisotopic (exact) mass is 279 g/mol. The summed E-state index contributed by atoms with van der Waals surface area (Å²) in [6.07, 6.45) is 2.61. The van der Waals surface area contributed by atoms with Gasteiger partial charge in [0.2, 0.25) is 0 Å². The Hall–Kier alpha value is -2.35. The van der Waals surface area contributed by atoms with Crippen molar-refractivity contribution in [2.24, 2.45) is 0 Å². The SMILES string of the molecule is C=CCCN(C(=O)c1ccc(C)c(C)c1)c1ccccc1. The van der Waals surface area contributed by atoms with Gasteiger partial charge in [0.05, 0.1) is 0 Å². The lowest BCUT2D eigenvalue weighted by atomic mass is 10.1. The summed E-state index contributed by atoms with van der Waals surface area (Å²) in [6, 6.07) is 15.6. The van der Waals surface area contributed by atoms with Gasteiger partial charge in [-0.3, -0.25) is 4.79 Å². The summed E-state index contributed by atoms with van der Waals surface area (Å²) in [4.78, 5) is 14.6. The van der Waals surface area contributed by atoms with Gasteiger partial charge < -0.3 is 4.90 Å². The zero-order chi connectivity index (χ0) is 15.2. The molecule has 0 aromatic heterocycles. The molecule has 2 heteroatoms. The van der Waals surface area contributed by atoms with E-state index >= 15 is 0 Å². The van der Waals surface area contributed by atoms with Gasteiger partial charge in [0.15, 0.2) is 0 Å². The van der Waals surface area contributed by atoms with Gasteiger partial charge in [-0.2, -0.15) is 0 Å². The van der Waals surface area contributed by atoms with Crippen LogP contribution in [0, 0.1) is 13.8 Å². The number of amides is 1. The Morgan fingerprint density at radius 1 is 1.10 bits per heavy atom. The molecule has 0 unspecified atom stereocenters. The fraction of sp³-hybridized carbons (Fsp3) is 0.211. The highest BCUT2D eigenvalue weighted by Gasteiger charge is 2.17. The van der Waals surface area contributed by atoms with Crippen molar-refractivity contribution in [3.63, 3.8) is 0 Å². The lowest BCUT2D eigenvalue weighted by molar-refractivity contribution is 0.0987. The van der Waals surface area contributed by atoms with Crippen molar-refractivity contribution in [1.82, 2.24) is 0 Å². The summed E-state index contributed by atoms with van der Waals surface area (Å²) in [6.45, 7) is 8.47. The molecule has 2 aromatic carbocycles. The van der Waals surface area contributed by atoms with Gasteiger partial charge in [-0.15, -0.1) is 6.58 Å². The van der Waals surface area contributed by atoms with Gasteiger partial charge in [0, 0.05) is 17.8 Å². The number of benzene rings is 2. The smallest absolute Gasteiger partial charge is 0.258 e. The molecule has 0 bridgehead atoms. The number of anilines is 1. The van der Waals surface area contributed by atoms with E-state index in [1.807, 2.05) is 66.4 Å². The lowest BCUT2D eigenvalue weighted by Gasteiger charge is -2.22. The summed E-state index contributed by atoms with van der Waals surface area (Å²) >= 11 is 0.